The zero-order valence-corrected chi connectivity index (χ0v) is 29.6. The highest BCUT2D eigenvalue weighted by Gasteiger charge is 2.62. The third kappa shape index (κ3) is 7.96. The van der Waals surface area contributed by atoms with Gasteiger partial charge in [0.1, 0.15) is 46.3 Å². The van der Waals surface area contributed by atoms with Crippen molar-refractivity contribution in [2.75, 3.05) is 59.7 Å². The van der Waals surface area contributed by atoms with Crippen LogP contribution in [0, 0.1) is 5.92 Å². The minimum atomic E-state index is -1.16. The van der Waals surface area contributed by atoms with E-state index >= 15 is 0 Å². The number of rotatable bonds is 9. The Balaban J connectivity index is 1.24. The molecule has 2 amide bonds. The number of nitrogens with two attached hydrogens (primary N) is 1. The molecule has 4 heterocycles. The smallest absolute Gasteiger partial charge is 0.332 e. The predicted molar refractivity (Wildman–Crippen MR) is 186 cm³/mol. The molecule has 50 heavy (non-hydrogen) atoms. The van der Waals surface area contributed by atoms with E-state index in [1.165, 1.54) is 12.0 Å². The van der Waals surface area contributed by atoms with Crippen molar-refractivity contribution in [1.29, 1.82) is 0 Å². The fourth-order valence-electron chi connectivity index (χ4n) is 7.12. The first kappa shape index (κ1) is 36.2. The third-order valence-corrected chi connectivity index (χ3v) is 10.4. The lowest BCUT2D eigenvalue weighted by Crippen LogP contribution is -2.55. The molecule has 3 fully saturated rings. The van der Waals surface area contributed by atoms with E-state index in [9.17, 15) is 14.4 Å². The van der Waals surface area contributed by atoms with Crippen LogP contribution in [-0.2, 0) is 23.9 Å². The Bertz CT molecular complexity index is 1590. The lowest BCUT2D eigenvalue weighted by atomic mass is 10.1. The van der Waals surface area contributed by atoms with E-state index in [1.54, 1.807) is 12.1 Å². The number of benzene rings is 1. The van der Waals surface area contributed by atoms with Gasteiger partial charge in [-0.15, -0.1) is 0 Å². The van der Waals surface area contributed by atoms with Gasteiger partial charge in [0.15, 0.2) is 0 Å². The van der Waals surface area contributed by atoms with Gasteiger partial charge >= 0.3 is 5.97 Å². The monoisotopic (exact) mass is 713 g/mol. The molecule has 3 aliphatic heterocycles. The van der Waals surface area contributed by atoms with Crippen molar-refractivity contribution in [3.05, 3.63) is 35.4 Å². The molecule has 272 valence electrons. The van der Waals surface area contributed by atoms with Gasteiger partial charge in [-0.1, -0.05) is 36.6 Å². The zero-order valence-electron chi connectivity index (χ0n) is 28.9. The third-order valence-electron chi connectivity index (χ3n) is 10.0. The predicted octanol–water partition coefficient (Wildman–Crippen LogP) is 3.24. The van der Waals surface area contributed by atoms with E-state index in [4.69, 9.17) is 41.0 Å². The molecule has 14 heteroatoms. The number of pyridine rings is 1. The number of amides is 2. The molecule has 6 rings (SSSR count). The lowest BCUT2D eigenvalue weighted by molar-refractivity contribution is -0.148. The summed E-state index contributed by atoms with van der Waals surface area (Å²) in [6.07, 6.45) is 8.11. The quantitative estimate of drug-likeness (QED) is 0.291. The van der Waals surface area contributed by atoms with Gasteiger partial charge in [-0.2, -0.15) is 0 Å². The number of fused-ring (bicyclic) bond motifs is 3. The Morgan fingerprint density at radius 1 is 1.16 bits per heavy atom. The number of methoxy groups -OCH3 is 1. The number of allylic oxidation sites excluding steroid dienone is 1. The highest BCUT2D eigenvalue weighted by molar-refractivity contribution is 6.36. The van der Waals surface area contributed by atoms with Gasteiger partial charge in [-0.25, -0.2) is 9.78 Å². The second-order valence-electron chi connectivity index (χ2n) is 13.4. The Morgan fingerprint density at radius 3 is 2.76 bits per heavy atom. The number of carbonyl (C=O) groups excluding carboxylic acids is 3. The number of hydrogen-bond donors (Lipinski definition) is 2. The number of carbonyl (C=O) groups is 3. The molecule has 0 unspecified atom stereocenters. The Labute approximate surface area is 297 Å². The van der Waals surface area contributed by atoms with Crippen molar-refractivity contribution in [2.24, 2.45) is 11.7 Å². The number of hydrogen-bond acceptors (Lipinski definition) is 11. The maximum absolute atomic E-state index is 14.0. The van der Waals surface area contributed by atoms with E-state index in [0.717, 1.165) is 45.3 Å². The molecule has 1 aliphatic carbocycles. The highest BCUT2D eigenvalue weighted by Crippen LogP contribution is 2.46. The van der Waals surface area contributed by atoms with E-state index in [1.807, 2.05) is 19.1 Å². The summed E-state index contributed by atoms with van der Waals surface area (Å²) in [5.74, 6) is -0.178. The topological polar surface area (TPSA) is 155 Å². The second-order valence-corrected chi connectivity index (χ2v) is 13.8. The molecular weight excluding hydrogens is 666 g/mol. The number of nitrogens with zero attached hydrogens (tertiary/aromatic N) is 3. The molecule has 4 aliphatic rings. The van der Waals surface area contributed by atoms with Gasteiger partial charge in [-0.05, 0) is 44.7 Å². The van der Waals surface area contributed by atoms with Crippen molar-refractivity contribution < 1.29 is 38.1 Å². The molecule has 0 bridgehead atoms. The molecular formula is C36H48ClN5O8. The molecule has 3 N–H and O–H groups in total. The van der Waals surface area contributed by atoms with Crippen LogP contribution in [0.1, 0.15) is 51.9 Å². The molecule has 0 spiro atoms. The molecule has 0 radical (unpaired) electrons. The summed E-state index contributed by atoms with van der Waals surface area (Å²) in [5.41, 5.74) is 5.70. The van der Waals surface area contributed by atoms with Gasteiger partial charge < -0.3 is 39.6 Å². The summed E-state index contributed by atoms with van der Waals surface area (Å²) in [4.78, 5) is 49.1. The SMILES string of the molecule is CCOc1cc(O[C@@H]2C[C@H]3C(=O)N[C@]4(C(=O)OC)C[C@H]4/C=C\CCCCC[C@H](N)C(=O)N3C2)c2ccc(OCCN3CCOCC3)c(Cl)c2n1. The van der Waals surface area contributed by atoms with Crippen molar-refractivity contribution >= 4 is 40.3 Å². The van der Waals surface area contributed by atoms with Crippen molar-refractivity contribution in [2.45, 2.75) is 75.6 Å². The Hall–Kier alpha value is -3.65. The first-order valence-electron chi connectivity index (χ1n) is 17.7. The molecule has 13 nitrogen and oxygen atoms in total. The second kappa shape index (κ2) is 16.1. The maximum Gasteiger partial charge on any atom is 0.332 e. The summed E-state index contributed by atoms with van der Waals surface area (Å²) >= 11 is 6.88. The van der Waals surface area contributed by atoms with E-state index in [0.29, 0.717) is 72.6 Å². The minimum absolute atomic E-state index is 0.128. The van der Waals surface area contributed by atoms with Crippen LogP contribution < -0.4 is 25.3 Å². The summed E-state index contributed by atoms with van der Waals surface area (Å²) < 4.78 is 29.0. The Kier molecular flexibility index (Phi) is 11.7. The van der Waals surface area contributed by atoms with E-state index in [2.05, 4.69) is 21.3 Å². The van der Waals surface area contributed by atoms with Crippen LogP contribution in [0.2, 0.25) is 5.02 Å². The number of aromatic nitrogens is 1. The normalized spacial score (nSPS) is 28.4. The summed E-state index contributed by atoms with van der Waals surface area (Å²) in [7, 11) is 1.31. The summed E-state index contributed by atoms with van der Waals surface area (Å²) in [6.45, 7) is 6.68. The van der Waals surface area contributed by atoms with Crippen LogP contribution in [0.15, 0.2) is 30.4 Å². The summed E-state index contributed by atoms with van der Waals surface area (Å²) in [6, 6.07) is 3.66. The van der Waals surface area contributed by atoms with Crippen LogP contribution in [0.5, 0.6) is 17.4 Å². The fraction of sp³-hybridized carbons (Fsp3) is 0.611. The first-order chi connectivity index (χ1) is 24.2. The molecule has 1 saturated carbocycles. The average molecular weight is 714 g/mol. The van der Waals surface area contributed by atoms with E-state index in [-0.39, 0.29) is 24.8 Å². The van der Waals surface area contributed by atoms with Crippen LogP contribution >= 0.6 is 11.6 Å². The molecule has 2 aromatic rings. The number of morpholine rings is 1. The number of ether oxygens (including phenoxy) is 5. The van der Waals surface area contributed by atoms with Gasteiger partial charge in [0, 0.05) is 43.4 Å². The number of esters is 1. The number of halogens is 1. The molecule has 1 aromatic carbocycles. The number of nitrogens with one attached hydrogen (secondary N) is 1. The van der Waals surface area contributed by atoms with Gasteiger partial charge in [0.05, 0.1) is 39.5 Å². The fourth-order valence-corrected chi connectivity index (χ4v) is 7.38. The average Bonchev–Trinajstić information content (AvgIpc) is 3.65. The molecule has 1 aromatic heterocycles. The summed E-state index contributed by atoms with van der Waals surface area (Å²) in [5, 5.41) is 3.92. The molecule has 5 atom stereocenters. The molecule has 2 saturated heterocycles. The first-order valence-corrected chi connectivity index (χ1v) is 18.1. The van der Waals surface area contributed by atoms with Gasteiger partial charge in [-0.3, -0.25) is 14.5 Å². The van der Waals surface area contributed by atoms with Crippen LogP contribution in [0.25, 0.3) is 10.9 Å². The maximum atomic E-state index is 14.0. The lowest BCUT2D eigenvalue weighted by Gasteiger charge is -2.28. The standard InChI is InChI=1S/C36H48ClN5O8/c1-3-48-30-20-29(25-11-12-28(31(37)32(25)39-30)49-18-15-41-13-16-47-17-14-41)50-24-19-27-33(43)40-36(35(45)46-2)21-23(36)9-7-5-4-6-8-10-26(38)34(44)42(27)22-24/h7,9,11-12,20,23-24,26-27H,3-6,8,10,13-19,21-22,38H2,1-2H3,(H,40,43)/b9-7-/t23-,24-,26+,27+,36-/m1/s1. The Morgan fingerprint density at radius 2 is 1.98 bits per heavy atom. The van der Waals surface area contributed by atoms with Crippen molar-refractivity contribution in [3.8, 4) is 17.4 Å². The largest absolute Gasteiger partial charge is 0.491 e. The van der Waals surface area contributed by atoms with Crippen LogP contribution in [0.3, 0.4) is 0 Å². The van der Waals surface area contributed by atoms with Crippen LogP contribution in [-0.4, -0.2) is 116 Å². The van der Waals surface area contributed by atoms with E-state index < -0.39 is 35.6 Å². The minimum Gasteiger partial charge on any atom is -0.491 e. The highest BCUT2D eigenvalue weighted by atomic mass is 35.5. The van der Waals surface area contributed by atoms with Gasteiger partial charge in [0.25, 0.3) is 0 Å². The zero-order chi connectivity index (χ0) is 35.3. The van der Waals surface area contributed by atoms with Crippen LogP contribution in [0.4, 0.5) is 0 Å². The van der Waals surface area contributed by atoms with Gasteiger partial charge in [0.2, 0.25) is 17.7 Å². The van der Waals surface area contributed by atoms with Crippen molar-refractivity contribution in [1.82, 2.24) is 20.1 Å². The van der Waals surface area contributed by atoms with Crippen molar-refractivity contribution in [3.63, 3.8) is 0 Å².